The minimum absolute atomic E-state index is 0.00167. The van der Waals surface area contributed by atoms with Gasteiger partial charge in [-0.15, -0.1) is 0 Å². The zero-order chi connectivity index (χ0) is 13.9. The van der Waals surface area contributed by atoms with Crippen LogP contribution in [0.25, 0.3) is 0 Å². The number of benzene rings is 1. The predicted octanol–water partition coefficient (Wildman–Crippen LogP) is 1.59. The van der Waals surface area contributed by atoms with Crippen molar-refractivity contribution in [3.8, 4) is 0 Å². The van der Waals surface area contributed by atoms with Crippen LogP contribution in [0, 0.1) is 15.5 Å². The highest BCUT2D eigenvalue weighted by Crippen LogP contribution is 2.31. The molecule has 0 amide bonds. The molecule has 0 saturated carbocycles. The van der Waals surface area contributed by atoms with E-state index in [2.05, 4.69) is 5.32 Å². The van der Waals surface area contributed by atoms with Gasteiger partial charge in [0.1, 0.15) is 0 Å². The second-order valence-corrected chi connectivity index (χ2v) is 4.97. The molecule has 1 aromatic carbocycles. The van der Waals surface area contributed by atoms with Gasteiger partial charge in [-0.1, -0.05) is 12.1 Å². The van der Waals surface area contributed by atoms with E-state index in [1.165, 1.54) is 12.1 Å². The fraction of sp³-hybridized carbons (Fsp3) is 0.462. The van der Waals surface area contributed by atoms with Gasteiger partial charge in [-0.05, 0) is 31.4 Å². The summed E-state index contributed by atoms with van der Waals surface area (Å²) < 4.78 is 0. The van der Waals surface area contributed by atoms with E-state index in [1.54, 1.807) is 12.1 Å². The second kappa shape index (κ2) is 5.36. The van der Waals surface area contributed by atoms with E-state index in [0.29, 0.717) is 24.9 Å². The molecule has 2 N–H and O–H groups in total. The number of aliphatic carboxylic acids is 1. The van der Waals surface area contributed by atoms with Crippen molar-refractivity contribution in [3.05, 3.63) is 39.9 Å². The van der Waals surface area contributed by atoms with E-state index in [1.807, 2.05) is 0 Å². The molecule has 1 saturated heterocycles. The molecule has 1 aliphatic rings. The highest BCUT2D eigenvalue weighted by Gasteiger charge is 2.39. The number of carbonyl (C=O) groups is 1. The average Bonchev–Trinajstić information content (AvgIpc) is 2.40. The molecule has 102 valence electrons. The fourth-order valence-electron chi connectivity index (χ4n) is 2.55. The third-order valence-electron chi connectivity index (χ3n) is 3.59. The second-order valence-electron chi connectivity index (χ2n) is 4.97. The number of nitro groups is 1. The van der Waals surface area contributed by atoms with Crippen molar-refractivity contribution in [1.82, 2.24) is 5.32 Å². The number of rotatable bonds is 4. The van der Waals surface area contributed by atoms with Crippen LogP contribution in [0.5, 0.6) is 0 Å². The maximum Gasteiger partial charge on any atom is 0.311 e. The number of nitrogens with zero attached hydrogens (tertiary/aromatic N) is 1. The number of carboxylic acids is 1. The molecule has 0 bridgehead atoms. The lowest BCUT2D eigenvalue weighted by Gasteiger charge is -2.33. The monoisotopic (exact) mass is 264 g/mol. The topological polar surface area (TPSA) is 92.5 Å². The van der Waals surface area contributed by atoms with Crippen LogP contribution in [0.4, 0.5) is 5.69 Å². The Bertz CT molecular complexity index is 495. The van der Waals surface area contributed by atoms with Gasteiger partial charge in [0.15, 0.2) is 0 Å². The van der Waals surface area contributed by atoms with Crippen molar-refractivity contribution >= 4 is 11.7 Å². The van der Waals surface area contributed by atoms with E-state index >= 15 is 0 Å². The maximum absolute atomic E-state index is 11.5. The summed E-state index contributed by atoms with van der Waals surface area (Å²) in [6.07, 6.45) is 1.72. The molecule has 1 atom stereocenters. The summed E-state index contributed by atoms with van der Waals surface area (Å²) >= 11 is 0. The van der Waals surface area contributed by atoms with Crippen LogP contribution in [-0.2, 0) is 11.2 Å². The standard InChI is InChI=1S/C13H16N2O4/c16-12(17)13(5-2-6-14-9-13)8-10-3-1-4-11(7-10)15(18)19/h1,3-4,7,14H,2,5-6,8-9H2,(H,16,17). The zero-order valence-electron chi connectivity index (χ0n) is 10.5. The number of nitro benzene ring substituents is 1. The Morgan fingerprint density at radius 3 is 2.89 bits per heavy atom. The molecule has 1 fully saturated rings. The number of hydrogen-bond acceptors (Lipinski definition) is 4. The summed E-state index contributed by atoms with van der Waals surface area (Å²) in [5.41, 5.74) is -0.157. The molecule has 0 aromatic heterocycles. The Morgan fingerprint density at radius 1 is 1.53 bits per heavy atom. The maximum atomic E-state index is 11.5. The molecule has 6 heteroatoms. The van der Waals surface area contributed by atoms with Crippen LogP contribution in [-0.4, -0.2) is 29.1 Å². The summed E-state index contributed by atoms with van der Waals surface area (Å²) in [6, 6.07) is 6.21. The van der Waals surface area contributed by atoms with Gasteiger partial charge in [-0.25, -0.2) is 0 Å². The third kappa shape index (κ3) is 2.90. The first-order valence-electron chi connectivity index (χ1n) is 6.21. The molecule has 6 nitrogen and oxygen atoms in total. The molecule has 0 aliphatic carbocycles. The lowest BCUT2D eigenvalue weighted by atomic mass is 9.76. The number of hydrogen-bond donors (Lipinski definition) is 2. The van der Waals surface area contributed by atoms with Crippen LogP contribution in [0.2, 0.25) is 0 Å². The minimum atomic E-state index is -0.854. The fourth-order valence-corrected chi connectivity index (χ4v) is 2.55. The molecule has 1 unspecified atom stereocenters. The Hall–Kier alpha value is -1.95. The Kier molecular flexibility index (Phi) is 3.80. The predicted molar refractivity (Wildman–Crippen MR) is 69.0 cm³/mol. The van der Waals surface area contributed by atoms with Crippen LogP contribution < -0.4 is 5.32 Å². The summed E-state index contributed by atoms with van der Waals surface area (Å²) in [7, 11) is 0. The zero-order valence-corrected chi connectivity index (χ0v) is 10.5. The van der Waals surface area contributed by atoms with Crippen molar-refractivity contribution in [2.75, 3.05) is 13.1 Å². The number of piperidine rings is 1. The average molecular weight is 264 g/mol. The lowest BCUT2D eigenvalue weighted by molar-refractivity contribution is -0.384. The Labute approximate surface area is 110 Å². The van der Waals surface area contributed by atoms with Crippen molar-refractivity contribution in [2.24, 2.45) is 5.41 Å². The van der Waals surface area contributed by atoms with Crippen LogP contribution in [0.15, 0.2) is 24.3 Å². The molecule has 1 heterocycles. The van der Waals surface area contributed by atoms with Gasteiger partial charge in [0.2, 0.25) is 0 Å². The number of carboxylic acid groups (broad SMARTS) is 1. The molecule has 1 aliphatic heterocycles. The first kappa shape index (κ1) is 13.5. The van der Waals surface area contributed by atoms with E-state index < -0.39 is 16.3 Å². The van der Waals surface area contributed by atoms with Gasteiger partial charge in [0.05, 0.1) is 10.3 Å². The van der Waals surface area contributed by atoms with Gasteiger partial charge in [0, 0.05) is 18.7 Å². The highest BCUT2D eigenvalue weighted by molar-refractivity contribution is 5.75. The van der Waals surface area contributed by atoms with Crippen molar-refractivity contribution in [3.63, 3.8) is 0 Å². The molecular formula is C13H16N2O4. The van der Waals surface area contributed by atoms with Gasteiger partial charge in [-0.2, -0.15) is 0 Å². The quantitative estimate of drug-likeness (QED) is 0.636. The lowest BCUT2D eigenvalue weighted by Crippen LogP contribution is -2.47. The van der Waals surface area contributed by atoms with Gasteiger partial charge < -0.3 is 10.4 Å². The van der Waals surface area contributed by atoms with E-state index in [4.69, 9.17) is 0 Å². The van der Waals surface area contributed by atoms with Gasteiger partial charge in [-0.3, -0.25) is 14.9 Å². The number of non-ortho nitro benzene ring substituents is 1. The van der Waals surface area contributed by atoms with Crippen molar-refractivity contribution in [1.29, 1.82) is 0 Å². The molecule has 1 aromatic rings. The first-order chi connectivity index (χ1) is 9.03. The molecule has 2 rings (SSSR count). The SMILES string of the molecule is O=C(O)C1(Cc2cccc([N+](=O)[O-])c2)CCCNC1. The molecule has 0 radical (unpaired) electrons. The normalized spacial score (nSPS) is 22.9. The van der Waals surface area contributed by atoms with E-state index in [-0.39, 0.29) is 5.69 Å². The number of nitrogens with one attached hydrogen (secondary N) is 1. The smallest absolute Gasteiger partial charge is 0.311 e. The largest absolute Gasteiger partial charge is 0.481 e. The molecule has 19 heavy (non-hydrogen) atoms. The summed E-state index contributed by atoms with van der Waals surface area (Å²) in [6.45, 7) is 1.23. The minimum Gasteiger partial charge on any atom is -0.481 e. The third-order valence-corrected chi connectivity index (χ3v) is 3.59. The molecular weight excluding hydrogens is 248 g/mol. The molecule has 0 spiro atoms. The van der Waals surface area contributed by atoms with Gasteiger partial charge >= 0.3 is 5.97 Å². The van der Waals surface area contributed by atoms with Crippen LogP contribution in [0.3, 0.4) is 0 Å². The van der Waals surface area contributed by atoms with E-state index in [0.717, 1.165) is 13.0 Å². The van der Waals surface area contributed by atoms with Crippen molar-refractivity contribution < 1.29 is 14.8 Å². The van der Waals surface area contributed by atoms with Crippen molar-refractivity contribution in [2.45, 2.75) is 19.3 Å². The van der Waals surface area contributed by atoms with Gasteiger partial charge in [0.25, 0.3) is 5.69 Å². The van der Waals surface area contributed by atoms with E-state index in [9.17, 15) is 20.0 Å². The summed E-state index contributed by atoms with van der Waals surface area (Å²) in [4.78, 5) is 21.8. The summed E-state index contributed by atoms with van der Waals surface area (Å²) in [5, 5.41) is 23.3. The Morgan fingerprint density at radius 2 is 2.32 bits per heavy atom. The highest BCUT2D eigenvalue weighted by atomic mass is 16.6. The van der Waals surface area contributed by atoms with Crippen LogP contribution in [0.1, 0.15) is 18.4 Å². The Balaban J connectivity index is 2.24. The van der Waals surface area contributed by atoms with Crippen LogP contribution >= 0.6 is 0 Å². The summed E-state index contributed by atoms with van der Waals surface area (Å²) in [5.74, 6) is -0.841. The first-order valence-corrected chi connectivity index (χ1v) is 6.21.